The van der Waals surface area contributed by atoms with Crippen molar-refractivity contribution in [3.05, 3.63) is 36.0 Å². The highest BCUT2D eigenvalue weighted by Crippen LogP contribution is 2.29. The molecule has 1 N–H and O–H groups in total. The molecule has 2 amide bonds. The summed E-state index contributed by atoms with van der Waals surface area (Å²) in [7, 11) is 1.93. The Balaban J connectivity index is 1.79. The number of rotatable bonds is 8. The van der Waals surface area contributed by atoms with Crippen molar-refractivity contribution in [3.8, 4) is 5.75 Å². The van der Waals surface area contributed by atoms with Crippen LogP contribution in [-0.2, 0) is 4.74 Å². The number of fused-ring (bicyclic) bond motifs is 1. The lowest BCUT2D eigenvalue weighted by Crippen LogP contribution is -2.42. The lowest BCUT2D eigenvalue weighted by Gasteiger charge is -2.27. The van der Waals surface area contributed by atoms with E-state index < -0.39 is 6.09 Å². The van der Waals surface area contributed by atoms with Gasteiger partial charge in [-0.2, -0.15) is 0 Å². The van der Waals surface area contributed by atoms with Crippen LogP contribution in [0.2, 0.25) is 0 Å². The third-order valence-electron chi connectivity index (χ3n) is 5.98. The normalized spacial score (nSPS) is 15.6. The largest absolute Gasteiger partial charge is 0.487 e. The maximum absolute atomic E-state index is 13.5. The SMILES string of the molecule is CCC(C)C(COC(=O)NC(C)(C)C)Oc1cccc(N2CCN(C)c3nc(SC)ncc3C2=O)c1. The fraction of sp³-hybridized carbons (Fsp3) is 0.538. The predicted octanol–water partition coefficient (Wildman–Crippen LogP) is 4.61. The Kier molecular flexibility index (Phi) is 9.05. The van der Waals surface area contributed by atoms with E-state index in [1.807, 2.05) is 63.2 Å². The number of hydrogen-bond donors (Lipinski definition) is 1. The van der Waals surface area contributed by atoms with Crippen molar-refractivity contribution in [2.45, 2.75) is 57.8 Å². The van der Waals surface area contributed by atoms with Gasteiger partial charge in [0.1, 0.15) is 29.8 Å². The number of likely N-dealkylation sites (N-methyl/N-ethyl adjacent to an activating group) is 1. The van der Waals surface area contributed by atoms with E-state index in [2.05, 4.69) is 29.1 Å². The van der Waals surface area contributed by atoms with Gasteiger partial charge in [0.2, 0.25) is 0 Å². The summed E-state index contributed by atoms with van der Waals surface area (Å²) >= 11 is 1.44. The van der Waals surface area contributed by atoms with Gasteiger partial charge in [0.05, 0.1) is 0 Å². The van der Waals surface area contributed by atoms with Crippen molar-refractivity contribution in [1.82, 2.24) is 15.3 Å². The summed E-state index contributed by atoms with van der Waals surface area (Å²) in [6, 6.07) is 7.45. The number of benzene rings is 1. The van der Waals surface area contributed by atoms with E-state index in [4.69, 9.17) is 9.47 Å². The van der Waals surface area contributed by atoms with Gasteiger partial charge in [0.15, 0.2) is 5.16 Å². The molecular weight excluding hydrogens is 478 g/mol. The molecule has 36 heavy (non-hydrogen) atoms. The third kappa shape index (κ3) is 7.02. The number of hydrogen-bond acceptors (Lipinski definition) is 8. The molecule has 2 unspecified atom stereocenters. The summed E-state index contributed by atoms with van der Waals surface area (Å²) in [4.78, 5) is 38.2. The minimum absolute atomic E-state index is 0.122. The summed E-state index contributed by atoms with van der Waals surface area (Å²) in [6.07, 6.45) is 3.57. The average molecular weight is 516 g/mol. The molecule has 0 bridgehead atoms. The Morgan fingerprint density at radius 3 is 2.69 bits per heavy atom. The molecule has 196 valence electrons. The molecule has 1 aliphatic rings. The highest BCUT2D eigenvalue weighted by molar-refractivity contribution is 7.98. The second kappa shape index (κ2) is 11.8. The number of amides is 2. The molecule has 0 radical (unpaired) electrons. The number of anilines is 2. The molecule has 2 atom stereocenters. The lowest BCUT2D eigenvalue weighted by atomic mass is 10.0. The number of alkyl carbamates (subject to hydrolysis) is 1. The van der Waals surface area contributed by atoms with E-state index in [-0.39, 0.29) is 30.1 Å². The first-order chi connectivity index (χ1) is 17.0. The second-order valence-electron chi connectivity index (χ2n) is 9.98. The standard InChI is InChI=1S/C26H37N5O4S/c1-8-17(2)21(16-34-25(33)29-26(3,4)5)35-19-11-9-10-18(14-19)31-13-12-30(6)22-20(23(31)32)15-27-24(28-22)36-7/h9-11,14-15,17,21H,8,12-13,16H2,1-7H3,(H,29,33). The molecule has 3 rings (SSSR count). The summed E-state index contributed by atoms with van der Waals surface area (Å²) in [5, 5.41) is 3.43. The van der Waals surface area contributed by atoms with Gasteiger partial charge >= 0.3 is 6.09 Å². The van der Waals surface area contributed by atoms with Crippen LogP contribution in [0.25, 0.3) is 0 Å². The Morgan fingerprint density at radius 1 is 1.28 bits per heavy atom. The average Bonchev–Trinajstić information content (AvgIpc) is 2.96. The first-order valence-electron chi connectivity index (χ1n) is 12.2. The molecule has 10 heteroatoms. The van der Waals surface area contributed by atoms with E-state index in [1.165, 1.54) is 11.8 Å². The van der Waals surface area contributed by atoms with Crippen molar-refractivity contribution in [2.75, 3.05) is 42.8 Å². The fourth-order valence-corrected chi connectivity index (χ4v) is 4.06. The highest BCUT2D eigenvalue weighted by Gasteiger charge is 2.29. The minimum Gasteiger partial charge on any atom is -0.487 e. The molecule has 1 aliphatic heterocycles. The van der Waals surface area contributed by atoms with Crippen LogP contribution in [0.15, 0.2) is 35.6 Å². The number of carbonyl (C=O) groups is 2. The molecule has 0 saturated heterocycles. The molecular formula is C26H37N5O4S. The van der Waals surface area contributed by atoms with Gasteiger partial charge in [-0.05, 0) is 51.5 Å². The van der Waals surface area contributed by atoms with E-state index in [0.29, 0.717) is 35.4 Å². The zero-order valence-electron chi connectivity index (χ0n) is 22.2. The zero-order chi connectivity index (χ0) is 26.5. The Morgan fingerprint density at radius 2 is 2.03 bits per heavy atom. The van der Waals surface area contributed by atoms with Crippen molar-refractivity contribution in [2.24, 2.45) is 5.92 Å². The quantitative estimate of drug-likeness (QED) is 0.402. The van der Waals surface area contributed by atoms with Gasteiger partial charge in [-0.3, -0.25) is 4.79 Å². The summed E-state index contributed by atoms with van der Waals surface area (Å²) in [6.45, 7) is 11.1. The van der Waals surface area contributed by atoms with E-state index in [1.54, 1.807) is 11.1 Å². The molecule has 2 aromatic rings. The monoisotopic (exact) mass is 515 g/mol. The minimum atomic E-state index is -0.474. The smallest absolute Gasteiger partial charge is 0.407 e. The van der Waals surface area contributed by atoms with Crippen LogP contribution in [-0.4, -0.2) is 66.6 Å². The van der Waals surface area contributed by atoms with E-state index in [9.17, 15) is 9.59 Å². The van der Waals surface area contributed by atoms with Gasteiger partial charge in [0, 0.05) is 43.6 Å². The first-order valence-corrected chi connectivity index (χ1v) is 13.4. The highest BCUT2D eigenvalue weighted by atomic mass is 32.2. The van der Waals surface area contributed by atoms with Crippen LogP contribution in [0.3, 0.4) is 0 Å². The number of carbonyl (C=O) groups excluding carboxylic acids is 2. The number of thioether (sulfide) groups is 1. The van der Waals surface area contributed by atoms with Gasteiger partial charge in [0.25, 0.3) is 5.91 Å². The van der Waals surface area contributed by atoms with Crippen LogP contribution in [0.5, 0.6) is 5.75 Å². The van der Waals surface area contributed by atoms with Gasteiger partial charge in [-0.25, -0.2) is 14.8 Å². The fourth-order valence-electron chi connectivity index (χ4n) is 3.72. The molecule has 0 spiro atoms. The van der Waals surface area contributed by atoms with Gasteiger partial charge in [-0.1, -0.05) is 31.7 Å². The maximum atomic E-state index is 13.5. The van der Waals surface area contributed by atoms with Crippen molar-refractivity contribution in [3.63, 3.8) is 0 Å². The van der Waals surface area contributed by atoms with Crippen molar-refractivity contribution >= 4 is 35.3 Å². The topological polar surface area (TPSA) is 96.9 Å². The molecule has 1 aromatic heterocycles. The molecule has 2 heterocycles. The first kappa shape index (κ1) is 27.6. The molecule has 0 fully saturated rings. The molecule has 9 nitrogen and oxygen atoms in total. The van der Waals surface area contributed by atoms with E-state index >= 15 is 0 Å². The van der Waals surface area contributed by atoms with Gasteiger partial charge < -0.3 is 24.6 Å². The van der Waals surface area contributed by atoms with Crippen LogP contribution in [0.1, 0.15) is 51.4 Å². The summed E-state index contributed by atoms with van der Waals surface area (Å²) < 4.78 is 11.8. The third-order valence-corrected chi connectivity index (χ3v) is 6.54. The Bertz CT molecular complexity index is 1070. The predicted molar refractivity (Wildman–Crippen MR) is 143 cm³/mol. The number of nitrogens with zero attached hydrogens (tertiary/aromatic N) is 4. The number of ether oxygens (including phenoxy) is 2. The van der Waals surface area contributed by atoms with Crippen LogP contribution in [0, 0.1) is 5.92 Å². The Hall–Kier alpha value is -3.01. The maximum Gasteiger partial charge on any atom is 0.407 e. The number of nitrogens with one attached hydrogen (secondary N) is 1. The number of aromatic nitrogens is 2. The molecule has 0 saturated carbocycles. The van der Waals surface area contributed by atoms with Crippen LogP contribution in [0.4, 0.5) is 16.3 Å². The Labute approximate surface area is 218 Å². The van der Waals surface area contributed by atoms with Crippen LogP contribution < -0.4 is 19.9 Å². The summed E-state index contributed by atoms with van der Waals surface area (Å²) in [5.74, 6) is 1.24. The molecule has 1 aromatic carbocycles. The van der Waals surface area contributed by atoms with Crippen molar-refractivity contribution in [1.29, 1.82) is 0 Å². The van der Waals surface area contributed by atoms with Gasteiger partial charge in [-0.15, -0.1) is 0 Å². The second-order valence-corrected chi connectivity index (χ2v) is 10.8. The van der Waals surface area contributed by atoms with Crippen LogP contribution >= 0.6 is 11.8 Å². The van der Waals surface area contributed by atoms with Crippen molar-refractivity contribution < 1.29 is 19.1 Å². The lowest BCUT2D eigenvalue weighted by molar-refractivity contribution is 0.0500. The molecule has 0 aliphatic carbocycles. The van der Waals surface area contributed by atoms with E-state index in [0.717, 1.165) is 12.1 Å². The summed E-state index contributed by atoms with van der Waals surface area (Å²) in [5.41, 5.74) is 0.809. The zero-order valence-corrected chi connectivity index (χ0v) is 23.0.